The monoisotopic (exact) mass is 938 g/mol. The molecule has 1 N–H and O–H groups in total. The zero-order valence-electron chi connectivity index (χ0n) is 40.4. The van der Waals surface area contributed by atoms with E-state index in [-0.39, 0.29) is 62.0 Å². The molecule has 0 amide bonds. The van der Waals surface area contributed by atoms with Gasteiger partial charge in [-0.05, 0) is 163 Å². The van der Waals surface area contributed by atoms with Crippen LogP contribution >= 0.6 is 0 Å². The van der Waals surface area contributed by atoms with Gasteiger partial charge in [0, 0.05) is 35.6 Å². The molecule has 9 rings (SSSR count). The maximum absolute atomic E-state index is 14.6. The van der Waals surface area contributed by atoms with E-state index >= 15 is 0 Å². The number of anilines is 3. The molecule has 4 aromatic rings. The Hall–Kier alpha value is -4.00. The van der Waals surface area contributed by atoms with E-state index in [0.717, 1.165) is 98.9 Å². The third-order valence-corrected chi connectivity index (χ3v) is 18.6. The molecule has 3 aromatic carbocycles. The summed E-state index contributed by atoms with van der Waals surface area (Å²) in [7, 11) is 0. The Morgan fingerprint density at radius 3 is 1.95 bits per heavy atom. The first-order chi connectivity index (χ1) is 30.6. The summed E-state index contributed by atoms with van der Waals surface area (Å²) in [5.41, 5.74) is 7.54. The van der Waals surface area contributed by atoms with Gasteiger partial charge in [-0.2, -0.15) is 0 Å². The van der Waals surface area contributed by atoms with Crippen LogP contribution in [0.15, 0.2) is 121 Å². The van der Waals surface area contributed by atoms with E-state index in [2.05, 4.69) is 186 Å². The van der Waals surface area contributed by atoms with Crippen molar-refractivity contribution in [2.24, 2.45) is 50.2 Å². The lowest BCUT2D eigenvalue weighted by Gasteiger charge is -2.71. The maximum Gasteiger partial charge on any atom is 0.312 e. The second kappa shape index (κ2) is 18.2. The van der Waals surface area contributed by atoms with Crippen molar-refractivity contribution in [2.75, 3.05) is 11.5 Å². The number of esters is 1. The van der Waals surface area contributed by atoms with Gasteiger partial charge in [-0.15, -0.1) is 0 Å². The standard InChI is InChI=1S/C59H75N2O3.BrH/c1-54(2)34-36-59(37-35-57(6)48(49(59)42-54)26-27-51-56(5)32-29-52(62)55(3,4)50(56)28-33-58(51,57)7)53(63)64-41-15-14-38-60-39-30-44(31-40-60)21-20-43-22-24-47(25-23-43)61(45-16-10-8-11-17-45)46-18-12-9-13-19-46;/h8-13,16-26,30-31,39-40,49-52,62H,14-15,27-29,32-38,41-42H2,1-7H3;1H/q+1;/p-1/t49-,50-,51+,52-,56-,57+,58+,59-;/m0./s1. The first-order valence-electron chi connectivity index (χ1n) is 24.8. The predicted molar refractivity (Wildman–Crippen MR) is 262 cm³/mol. The summed E-state index contributed by atoms with van der Waals surface area (Å²) in [5.74, 6) is 1.47. The minimum atomic E-state index is -0.410. The van der Waals surface area contributed by atoms with Crippen LogP contribution in [0, 0.1) is 50.2 Å². The lowest BCUT2D eigenvalue weighted by Crippen LogP contribution is -3.00. The van der Waals surface area contributed by atoms with Gasteiger partial charge in [-0.3, -0.25) is 4.79 Å². The molecule has 5 nitrogen and oxygen atoms in total. The van der Waals surface area contributed by atoms with Crippen LogP contribution in [0.1, 0.15) is 137 Å². The average molecular weight is 940 g/mol. The number of para-hydroxylation sites is 2. The molecule has 0 aliphatic heterocycles. The van der Waals surface area contributed by atoms with Crippen molar-refractivity contribution in [1.82, 2.24) is 0 Å². The van der Waals surface area contributed by atoms with E-state index in [1.165, 1.54) is 12.8 Å². The van der Waals surface area contributed by atoms with E-state index in [1.807, 2.05) is 0 Å². The minimum absolute atomic E-state index is 0. The molecule has 1 aromatic heterocycles. The Morgan fingerprint density at radius 2 is 1.31 bits per heavy atom. The molecular weight excluding hydrogens is 865 g/mol. The molecule has 65 heavy (non-hydrogen) atoms. The summed E-state index contributed by atoms with van der Waals surface area (Å²) in [5, 5.41) is 11.1. The van der Waals surface area contributed by atoms with Gasteiger partial charge in [0.2, 0.25) is 0 Å². The highest BCUT2D eigenvalue weighted by atomic mass is 79.9. The number of pyridine rings is 1. The van der Waals surface area contributed by atoms with Crippen LogP contribution in [0.3, 0.4) is 0 Å². The molecule has 0 unspecified atom stereocenters. The minimum Gasteiger partial charge on any atom is -1.00 e. The van der Waals surface area contributed by atoms with Crippen LogP contribution in [-0.4, -0.2) is 23.8 Å². The van der Waals surface area contributed by atoms with Crippen LogP contribution < -0.4 is 26.4 Å². The molecule has 5 aliphatic rings. The first kappa shape index (κ1) is 47.5. The third kappa shape index (κ3) is 8.51. The zero-order valence-corrected chi connectivity index (χ0v) is 42.0. The van der Waals surface area contributed by atoms with E-state index in [1.54, 1.807) is 5.57 Å². The number of fused-ring (bicyclic) bond motifs is 7. The first-order valence-corrected chi connectivity index (χ1v) is 24.8. The quantitative estimate of drug-likeness (QED) is 0.0705. The van der Waals surface area contributed by atoms with E-state index < -0.39 is 5.41 Å². The number of unbranched alkanes of at least 4 members (excludes halogenated alkanes) is 1. The van der Waals surface area contributed by atoms with Crippen molar-refractivity contribution in [2.45, 2.75) is 138 Å². The number of aliphatic hydroxyl groups is 1. The van der Waals surface area contributed by atoms with Crippen molar-refractivity contribution in [3.8, 4) is 0 Å². The highest BCUT2D eigenvalue weighted by Gasteiger charge is 2.69. The summed E-state index contributed by atoms with van der Waals surface area (Å²) in [6, 6.07) is 34.1. The van der Waals surface area contributed by atoms with Gasteiger partial charge >= 0.3 is 5.97 Å². The largest absolute Gasteiger partial charge is 1.00 e. The molecule has 0 spiro atoms. The Balaban J connectivity index is 0.00000576. The molecule has 8 atom stereocenters. The zero-order chi connectivity index (χ0) is 45.0. The third-order valence-electron chi connectivity index (χ3n) is 18.6. The van der Waals surface area contributed by atoms with Gasteiger partial charge in [-0.25, -0.2) is 4.57 Å². The smallest absolute Gasteiger partial charge is 0.312 e. The molecule has 4 fully saturated rings. The number of nitrogens with zero attached hydrogens (tertiary/aromatic N) is 2. The molecule has 346 valence electrons. The van der Waals surface area contributed by atoms with Gasteiger partial charge in [0.05, 0.1) is 18.1 Å². The average Bonchev–Trinajstić information content (AvgIpc) is 3.28. The predicted octanol–water partition coefficient (Wildman–Crippen LogP) is 11.1. The number of aryl methyl sites for hydroxylation is 1. The van der Waals surface area contributed by atoms with Gasteiger partial charge in [-0.1, -0.05) is 121 Å². The second-order valence-electron chi connectivity index (χ2n) is 22.9. The van der Waals surface area contributed by atoms with Crippen molar-refractivity contribution < 1.29 is 36.2 Å². The molecule has 0 radical (unpaired) electrons. The summed E-state index contributed by atoms with van der Waals surface area (Å²) >= 11 is 0. The van der Waals surface area contributed by atoms with E-state index in [4.69, 9.17) is 4.74 Å². The van der Waals surface area contributed by atoms with Crippen LogP contribution in [-0.2, 0) is 16.1 Å². The van der Waals surface area contributed by atoms with E-state index in [9.17, 15) is 9.90 Å². The van der Waals surface area contributed by atoms with Gasteiger partial charge < -0.3 is 31.7 Å². The maximum atomic E-state index is 14.6. The van der Waals surface area contributed by atoms with Crippen molar-refractivity contribution in [3.63, 3.8) is 0 Å². The number of hydrogen-bond acceptors (Lipinski definition) is 4. The molecular formula is C59H75BrN2O3. The summed E-state index contributed by atoms with van der Waals surface area (Å²) in [4.78, 5) is 16.8. The molecule has 1 heterocycles. The molecule has 5 aliphatic carbocycles. The van der Waals surface area contributed by atoms with Gasteiger partial charge in [0.25, 0.3) is 0 Å². The SMILES string of the molecule is CC1(C)CC[C@]2(C(=O)OCCCC[n+]3ccc(/C=C/c4ccc(N(c5ccccc5)c5ccccc5)cc4)cc3)CC[C@]3(C)C(=CC[C@@H]4[C@@]5(C)CC[C@H](O)C(C)(C)[C@@H]5CC[C@]43C)[C@@H]2C1.[Br-]. The number of allylic oxidation sites excluding steroid dienone is 2. The van der Waals surface area contributed by atoms with Crippen molar-refractivity contribution >= 4 is 35.2 Å². The fourth-order valence-corrected chi connectivity index (χ4v) is 14.6. The summed E-state index contributed by atoms with van der Waals surface area (Å²) in [6.45, 7) is 18.7. The normalized spacial score (nSPS) is 32.1. The van der Waals surface area contributed by atoms with Gasteiger partial charge in [0.1, 0.15) is 6.54 Å². The highest BCUT2D eigenvalue weighted by Crippen LogP contribution is 2.76. The van der Waals surface area contributed by atoms with Gasteiger partial charge in [0.15, 0.2) is 12.4 Å². The topological polar surface area (TPSA) is 53.7 Å². The number of halogens is 1. The Kier molecular flexibility index (Phi) is 13.3. The van der Waals surface area contributed by atoms with Crippen molar-refractivity contribution in [3.05, 3.63) is 132 Å². The lowest BCUT2D eigenvalue weighted by molar-refractivity contribution is -0.697. The van der Waals surface area contributed by atoms with Crippen LogP contribution in [0.5, 0.6) is 0 Å². The number of aromatic nitrogens is 1. The number of carbonyl (C=O) groups excluding carboxylic acids is 1. The number of benzene rings is 3. The Labute approximate surface area is 401 Å². The fraction of sp³-hybridized carbons (Fsp3) is 0.525. The highest BCUT2D eigenvalue weighted by molar-refractivity contribution is 5.79. The molecule has 0 bridgehead atoms. The van der Waals surface area contributed by atoms with Crippen LogP contribution in [0.2, 0.25) is 0 Å². The number of aliphatic hydroxyl groups excluding tert-OH is 1. The number of rotatable bonds is 11. The summed E-state index contributed by atoms with van der Waals surface area (Å²) < 4.78 is 8.60. The van der Waals surface area contributed by atoms with E-state index in [0.29, 0.717) is 18.4 Å². The Bertz CT molecular complexity index is 2300. The summed E-state index contributed by atoms with van der Waals surface area (Å²) in [6.07, 6.45) is 23.6. The van der Waals surface area contributed by atoms with Crippen LogP contribution in [0.4, 0.5) is 17.1 Å². The second-order valence-corrected chi connectivity index (χ2v) is 22.9. The number of hydrogen-bond donors (Lipinski definition) is 1. The molecule has 6 heteroatoms. The number of carbonyl (C=O) groups is 1. The number of ether oxygens (including phenoxy) is 1. The van der Waals surface area contributed by atoms with Crippen LogP contribution in [0.25, 0.3) is 12.2 Å². The van der Waals surface area contributed by atoms with Crippen molar-refractivity contribution in [1.29, 1.82) is 0 Å². The lowest BCUT2D eigenvalue weighted by atomic mass is 9.33. The molecule has 4 saturated carbocycles. The molecule has 0 saturated heterocycles. The Morgan fingerprint density at radius 1 is 0.708 bits per heavy atom. The fourth-order valence-electron chi connectivity index (χ4n) is 14.6.